The number of aryl methyl sites for hydroxylation is 2. The number of anilines is 2. The smallest absolute Gasteiger partial charge is 0.322 e. The largest absolute Gasteiger partial charge is 0.495 e. The molecule has 1 saturated heterocycles. The van der Waals surface area contributed by atoms with Gasteiger partial charge in [-0.3, -0.25) is 0 Å². The second-order valence-electron chi connectivity index (χ2n) is 7.70. The molecule has 1 aliphatic heterocycles. The first-order valence-electron chi connectivity index (χ1n) is 10.4. The lowest BCUT2D eigenvalue weighted by Crippen LogP contribution is -2.50. The first-order chi connectivity index (χ1) is 15.0. The third kappa shape index (κ3) is 4.60. The summed E-state index contributed by atoms with van der Waals surface area (Å²) in [6.07, 6.45) is 0. The molecule has 160 valence electrons. The Kier molecular flexibility index (Phi) is 6.02. The minimum absolute atomic E-state index is 0.125. The van der Waals surface area contributed by atoms with Gasteiger partial charge in [-0.1, -0.05) is 35.9 Å². The number of nitrogens with one attached hydrogen (secondary N) is 1. The van der Waals surface area contributed by atoms with Gasteiger partial charge in [0.05, 0.1) is 18.5 Å². The number of nitrogens with zero attached hydrogens (tertiary/aromatic N) is 4. The number of hydrogen-bond acceptors (Lipinski definition) is 5. The summed E-state index contributed by atoms with van der Waals surface area (Å²) < 4.78 is 5.31. The highest BCUT2D eigenvalue weighted by Crippen LogP contribution is 2.25. The van der Waals surface area contributed by atoms with Crippen molar-refractivity contribution in [3.63, 3.8) is 0 Å². The maximum Gasteiger partial charge on any atom is 0.322 e. The molecule has 0 radical (unpaired) electrons. The molecule has 0 atom stereocenters. The number of methoxy groups -OCH3 is 1. The zero-order chi connectivity index (χ0) is 21.8. The Morgan fingerprint density at radius 3 is 2.42 bits per heavy atom. The molecule has 1 N–H and O–H groups in total. The highest BCUT2D eigenvalue weighted by molar-refractivity contribution is 5.91. The van der Waals surface area contributed by atoms with Crippen LogP contribution in [0.15, 0.2) is 54.6 Å². The Balaban J connectivity index is 1.37. The summed E-state index contributed by atoms with van der Waals surface area (Å²) in [4.78, 5) is 16.6. The minimum Gasteiger partial charge on any atom is -0.495 e. The molecule has 7 nitrogen and oxygen atoms in total. The van der Waals surface area contributed by atoms with Crippen molar-refractivity contribution in [1.82, 2.24) is 15.1 Å². The van der Waals surface area contributed by atoms with Gasteiger partial charge in [-0.05, 0) is 43.7 Å². The predicted octanol–water partition coefficient (Wildman–Crippen LogP) is 4.12. The third-order valence-corrected chi connectivity index (χ3v) is 5.55. The van der Waals surface area contributed by atoms with Gasteiger partial charge < -0.3 is 19.9 Å². The Morgan fingerprint density at radius 1 is 0.968 bits per heavy atom. The van der Waals surface area contributed by atoms with Gasteiger partial charge >= 0.3 is 6.03 Å². The molecule has 4 rings (SSSR count). The molecule has 0 unspecified atom stereocenters. The van der Waals surface area contributed by atoms with Gasteiger partial charge in [-0.2, -0.15) is 0 Å². The van der Waals surface area contributed by atoms with E-state index in [-0.39, 0.29) is 6.03 Å². The summed E-state index contributed by atoms with van der Waals surface area (Å²) in [5.41, 5.74) is 5.07. The maximum atomic E-state index is 12.6. The van der Waals surface area contributed by atoms with Crippen molar-refractivity contribution in [2.45, 2.75) is 13.8 Å². The van der Waals surface area contributed by atoms with Crippen LogP contribution >= 0.6 is 0 Å². The molecule has 1 fully saturated rings. The fourth-order valence-electron chi connectivity index (χ4n) is 3.82. The van der Waals surface area contributed by atoms with E-state index in [0.717, 1.165) is 17.1 Å². The third-order valence-electron chi connectivity index (χ3n) is 5.55. The SMILES string of the molecule is COc1ccccc1NC(=O)N1CCN(c2ccc(-c3ccc(C)cc3C)nn2)CC1. The fraction of sp³-hybridized carbons (Fsp3) is 0.292. The van der Waals surface area contributed by atoms with Crippen LogP contribution in [0, 0.1) is 13.8 Å². The number of amides is 2. The molecule has 7 heteroatoms. The molecule has 2 amide bonds. The number of urea groups is 1. The first kappa shape index (κ1) is 20.7. The van der Waals surface area contributed by atoms with Gasteiger partial charge in [0.2, 0.25) is 0 Å². The molecule has 0 saturated carbocycles. The van der Waals surface area contributed by atoms with Crippen molar-refractivity contribution in [2.24, 2.45) is 0 Å². The minimum atomic E-state index is -0.125. The van der Waals surface area contributed by atoms with Gasteiger partial charge in [-0.25, -0.2) is 4.79 Å². The van der Waals surface area contributed by atoms with Crippen molar-refractivity contribution in [2.75, 3.05) is 43.5 Å². The molecule has 0 spiro atoms. The van der Waals surface area contributed by atoms with E-state index in [4.69, 9.17) is 4.74 Å². The number of carbonyl (C=O) groups is 1. The number of ether oxygens (including phenoxy) is 1. The van der Waals surface area contributed by atoms with Crippen molar-refractivity contribution in [3.8, 4) is 17.0 Å². The van der Waals surface area contributed by atoms with E-state index >= 15 is 0 Å². The zero-order valence-corrected chi connectivity index (χ0v) is 18.1. The second kappa shape index (κ2) is 9.04. The van der Waals surface area contributed by atoms with Gasteiger partial charge in [-0.15, -0.1) is 10.2 Å². The number of aromatic nitrogens is 2. The normalized spacial score (nSPS) is 13.8. The average Bonchev–Trinajstić information content (AvgIpc) is 2.80. The lowest BCUT2D eigenvalue weighted by atomic mass is 10.0. The zero-order valence-electron chi connectivity index (χ0n) is 18.1. The number of rotatable bonds is 4. The van der Waals surface area contributed by atoms with E-state index in [2.05, 4.69) is 52.5 Å². The van der Waals surface area contributed by atoms with E-state index in [1.54, 1.807) is 12.0 Å². The van der Waals surface area contributed by atoms with E-state index < -0.39 is 0 Å². The maximum absolute atomic E-state index is 12.6. The summed E-state index contributed by atoms with van der Waals surface area (Å²) in [5.74, 6) is 1.48. The number of piperazine rings is 1. The van der Waals surface area contributed by atoms with Crippen molar-refractivity contribution < 1.29 is 9.53 Å². The fourth-order valence-corrected chi connectivity index (χ4v) is 3.82. The number of carbonyl (C=O) groups excluding carboxylic acids is 1. The second-order valence-corrected chi connectivity index (χ2v) is 7.70. The topological polar surface area (TPSA) is 70.6 Å². The summed E-state index contributed by atoms with van der Waals surface area (Å²) >= 11 is 0. The number of hydrogen-bond donors (Lipinski definition) is 1. The number of para-hydroxylation sites is 2. The molecule has 0 bridgehead atoms. The highest BCUT2D eigenvalue weighted by atomic mass is 16.5. The highest BCUT2D eigenvalue weighted by Gasteiger charge is 2.23. The molecule has 3 aromatic rings. The van der Waals surface area contributed by atoms with Crippen LogP contribution in [0.3, 0.4) is 0 Å². The number of benzene rings is 2. The Hall–Kier alpha value is -3.61. The van der Waals surface area contributed by atoms with Gasteiger partial charge in [0.25, 0.3) is 0 Å². The van der Waals surface area contributed by atoms with Gasteiger partial charge in [0.15, 0.2) is 5.82 Å². The van der Waals surface area contributed by atoms with E-state index in [1.807, 2.05) is 36.4 Å². The molecule has 31 heavy (non-hydrogen) atoms. The molecule has 0 aliphatic carbocycles. The van der Waals surface area contributed by atoms with E-state index in [1.165, 1.54) is 11.1 Å². The molecule has 1 aromatic heterocycles. The van der Waals surface area contributed by atoms with Gasteiger partial charge in [0, 0.05) is 31.7 Å². The molecular formula is C24H27N5O2. The van der Waals surface area contributed by atoms with Crippen LogP contribution in [0.1, 0.15) is 11.1 Å². The quantitative estimate of drug-likeness (QED) is 0.691. The Bertz CT molecular complexity index is 1060. The molecule has 2 aromatic carbocycles. The average molecular weight is 418 g/mol. The monoisotopic (exact) mass is 417 g/mol. The van der Waals surface area contributed by atoms with Crippen LogP contribution in [-0.2, 0) is 0 Å². The van der Waals surface area contributed by atoms with Gasteiger partial charge in [0.1, 0.15) is 5.75 Å². The van der Waals surface area contributed by atoms with Crippen molar-refractivity contribution in [3.05, 3.63) is 65.7 Å². The van der Waals surface area contributed by atoms with Crippen molar-refractivity contribution >= 4 is 17.5 Å². The summed E-state index contributed by atoms with van der Waals surface area (Å²) in [6, 6.07) is 17.6. The van der Waals surface area contributed by atoms with Crippen LogP contribution < -0.4 is 15.0 Å². The molecule has 2 heterocycles. The summed E-state index contributed by atoms with van der Waals surface area (Å²) in [7, 11) is 1.59. The van der Waals surface area contributed by atoms with Crippen LogP contribution in [-0.4, -0.2) is 54.4 Å². The van der Waals surface area contributed by atoms with Crippen molar-refractivity contribution in [1.29, 1.82) is 0 Å². The predicted molar refractivity (Wildman–Crippen MR) is 123 cm³/mol. The Labute approximate surface area is 182 Å². The van der Waals surface area contributed by atoms with Crippen LogP contribution in [0.5, 0.6) is 5.75 Å². The first-order valence-corrected chi connectivity index (χ1v) is 10.4. The molecule has 1 aliphatic rings. The summed E-state index contributed by atoms with van der Waals surface area (Å²) in [6.45, 7) is 6.81. The lowest BCUT2D eigenvalue weighted by molar-refractivity contribution is 0.208. The summed E-state index contributed by atoms with van der Waals surface area (Å²) in [5, 5.41) is 11.8. The van der Waals surface area contributed by atoms with Crippen LogP contribution in [0.25, 0.3) is 11.3 Å². The molecular weight excluding hydrogens is 390 g/mol. The standard InChI is InChI=1S/C24H27N5O2/c1-17-8-9-19(18(2)16-17)20-10-11-23(27-26-20)28-12-14-29(15-13-28)24(30)25-21-6-4-5-7-22(21)31-3/h4-11,16H,12-15H2,1-3H3,(H,25,30). The van der Waals surface area contributed by atoms with E-state index in [0.29, 0.717) is 37.6 Å². The lowest BCUT2D eigenvalue weighted by Gasteiger charge is -2.35. The van der Waals surface area contributed by atoms with E-state index in [9.17, 15) is 4.79 Å². The van der Waals surface area contributed by atoms with Crippen LogP contribution in [0.2, 0.25) is 0 Å². The van der Waals surface area contributed by atoms with Crippen LogP contribution in [0.4, 0.5) is 16.3 Å². The Morgan fingerprint density at radius 2 is 1.74 bits per heavy atom.